The lowest BCUT2D eigenvalue weighted by Gasteiger charge is -2.23. The molecule has 1 aromatic heterocycles. The van der Waals surface area contributed by atoms with Crippen molar-refractivity contribution in [2.24, 2.45) is 5.41 Å². The minimum absolute atomic E-state index is 0.00457. The standard InChI is InChI=1S/C13H18N3O7P/c1-3-21-24(19,20)22-7-9-6-13(2,8-14)11(23-9)16-5-4-10(17)15-12(16)18/h4-5,9,11H,3,6-7H2,1-2H3,(H,19,20)(H,15,17,18)/t9-,11+,13-/m0/s1. The van der Waals surface area contributed by atoms with Gasteiger partial charge in [0.05, 0.1) is 25.4 Å². The van der Waals surface area contributed by atoms with Gasteiger partial charge in [0.1, 0.15) is 5.41 Å². The predicted molar refractivity (Wildman–Crippen MR) is 81.0 cm³/mol. The van der Waals surface area contributed by atoms with E-state index in [4.69, 9.17) is 9.26 Å². The minimum Gasteiger partial charge on any atom is -0.350 e. The van der Waals surface area contributed by atoms with Crippen molar-refractivity contribution in [1.29, 1.82) is 5.26 Å². The van der Waals surface area contributed by atoms with Crippen LogP contribution in [0.25, 0.3) is 0 Å². The third-order valence-corrected chi connectivity index (χ3v) is 4.65. The maximum absolute atomic E-state index is 11.9. The normalized spacial score (nSPS) is 29.1. The van der Waals surface area contributed by atoms with Gasteiger partial charge in [0.15, 0.2) is 6.23 Å². The SMILES string of the molecule is CCOP(=O)(O)OC[C@@H]1C[C@@](C)(C#N)[C@H](n2ccc(=O)[nH]c2=O)O1. The van der Waals surface area contributed by atoms with Crippen LogP contribution in [0, 0.1) is 16.7 Å². The van der Waals surface area contributed by atoms with Gasteiger partial charge >= 0.3 is 13.5 Å². The van der Waals surface area contributed by atoms with Crippen LogP contribution in [0.1, 0.15) is 26.5 Å². The third-order valence-electron chi connectivity index (χ3n) is 3.59. The molecule has 0 aliphatic carbocycles. The Morgan fingerprint density at radius 2 is 2.29 bits per heavy atom. The van der Waals surface area contributed by atoms with Crippen molar-refractivity contribution >= 4 is 7.82 Å². The zero-order chi connectivity index (χ0) is 18.0. The topological polar surface area (TPSA) is 144 Å². The van der Waals surface area contributed by atoms with Crippen LogP contribution >= 0.6 is 7.82 Å². The Bertz CT molecular complexity index is 798. The first-order chi connectivity index (χ1) is 11.2. The van der Waals surface area contributed by atoms with Crippen LogP contribution in [0.3, 0.4) is 0 Å². The molecule has 0 saturated carbocycles. The zero-order valence-corrected chi connectivity index (χ0v) is 14.1. The van der Waals surface area contributed by atoms with Crippen LogP contribution in [0.4, 0.5) is 0 Å². The van der Waals surface area contributed by atoms with Crippen molar-refractivity contribution in [3.63, 3.8) is 0 Å². The molecule has 2 rings (SSSR count). The third kappa shape index (κ3) is 4.01. The highest BCUT2D eigenvalue weighted by Gasteiger charge is 2.47. The summed E-state index contributed by atoms with van der Waals surface area (Å²) in [6.45, 7) is 2.87. The molecule has 1 aliphatic rings. The Morgan fingerprint density at radius 3 is 2.88 bits per heavy atom. The molecule has 0 amide bonds. The number of aromatic nitrogens is 2. The Morgan fingerprint density at radius 1 is 1.58 bits per heavy atom. The smallest absolute Gasteiger partial charge is 0.350 e. The summed E-state index contributed by atoms with van der Waals surface area (Å²) < 4.78 is 27.7. The molecule has 1 aromatic rings. The molecule has 1 unspecified atom stereocenters. The molecule has 1 saturated heterocycles. The van der Waals surface area contributed by atoms with Gasteiger partial charge in [-0.3, -0.25) is 23.4 Å². The number of aromatic amines is 1. The number of ether oxygens (including phenoxy) is 1. The second-order valence-corrected chi connectivity index (χ2v) is 7.00. The van der Waals surface area contributed by atoms with Crippen molar-refractivity contribution in [1.82, 2.24) is 9.55 Å². The van der Waals surface area contributed by atoms with Crippen LogP contribution in [0.2, 0.25) is 0 Å². The number of hydrogen-bond acceptors (Lipinski definition) is 7. The van der Waals surface area contributed by atoms with Gasteiger partial charge in [-0.25, -0.2) is 9.36 Å². The van der Waals surface area contributed by atoms with Gasteiger partial charge in [-0.05, 0) is 20.3 Å². The molecule has 1 aliphatic heterocycles. The van der Waals surface area contributed by atoms with E-state index in [0.717, 1.165) is 10.6 Å². The van der Waals surface area contributed by atoms with Crippen LogP contribution in [-0.2, 0) is 18.3 Å². The molecule has 0 bridgehead atoms. The van der Waals surface area contributed by atoms with Crippen molar-refractivity contribution < 1.29 is 23.2 Å². The molecule has 10 nitrogen and oxygen atoms in total. The van der Waals surface area contributed by atoms with E-state index in [-0.39, 0.29) is 19.6 Å². The summed E-state index contributed by atoms with van der Waals surface area (Å²) in [6, 6.07) is 3.23. The number of rotatable bonds is 6. The maximum Gasteiger partial charge on any atom is 0.472 e. The number of nitrogens with one attached hydrogen (secondary N) is 1. The fourth-order valence-electron chi connectivity index (χ4n) is 2.52. The van der Waals surface area contributed by atoms with Crippen molar-refractivity contribution in [3.8, 4) is 6.07 Å². The van der Waals surface area contributed by atoms with Crippen LogP contribution < -0.4 is 11.2 Å². The molecule has 132 valence electrons. The van der Waals surface area contributed by atoms with Crippen LogP contribution in [0.5, 0.6) is 0 Å². The van der Waals surface area contributed by atoms with Gasteiger partial charge in [0.2, 0.25) is 0 Å². The van der Waals surface area contributed by atoms with Gasteiger partial charge in [0.25, 0.3) is 5.56 Å². The first-order valence-corrected chi connectivity index (χ1v) is 8.70. The van der Waals surface area contributed by atoms with E-state index in [9.17, 15) is 24.3 Å². The Kier molecular flexibility index (Phi) is 5.42. The summed E-state index contributed by atoms with van der Waals surface area (Å²) in [7, 11) is -4.18. The molecule has 4 atom stereocenters. The Labute approximate surface area is 137 Å². The van der Waals surface area contributed by atoms with Crippen molar-refractivity contribution in [3.05, 3.63) is 33.1 Å². The highest BCUT2D eigenvalue weighted by Crippen LogP contribution is 2.47. The fraction of sp³-hybridized carbons (Fsp3) is 0.615. The molecule has 0 radical (unpaired) electrons. The van der Waals surface area contributed by atoms with E-state index in [1.165, 1.54) is 6.20 Å². The molecule has 2 N–H and O–H groups in total. The monoisotopic (exact) mass is 359 g/mol. The highest BCUT2D eigenvalue weighted by molar-refractivity contribution is 7.47. The summed E-state index contributed by atoms with van der Waals surface area (Å²) in [5, 5.41) is 9.45. The fourth-order valence-corrected chi connectivity index (χ4v) is 3.27. The number of nitrogens with zero attached hydrogens (tertiary/aromatic N) is 2. The number of hydrogen-bond donors (Lipinski definition) is 2. The number of H-pyrrole nitrogens is 1. The highest BCUT2D eigenvalue weighted by atomic mass is 31.2. The summed E-state index contributed by atoms with van der Waals surface area (Å²) in [4.78, 5) is 34.6. The van der Waals surface area contributed by atoms with Gasteiger partial charge < -0.3 is 9.63 Å². The Hall–Kier alpha value is -1.76. The second-order valence-electron chi connectivity index (χ2n) is 5.54. The lowest BCUT2D eigenvalue weighted by Crippen LogP contribution is -2.36. The second kappa shape index (κ2) is 7.01. The van der Waals surface area contributed by atoms with E-state index in [1.54, 1.807) is 13.8 Å². The molecule has 0 aromatic carbocycles. The molecule has 11 heteroatoms. The molecule has 24 heavy (non-hydrogen) atoms. The summed E-state index contributed by atoms with van der Waals surface area (Å²) >= 11 is 0. The van der Waals surface area contributed by atoms with Crippen molar-refractivity contribution in [2.75, 3.05) is 13.2 Å². The lowest BCUT2D eigenvalue weighted by molar-refractivity contribution is -0.0433. The van der Waals surface area contributed by atoms with E-state index < -0.39 is 36.8 Å². The van der Waals surface area contributed by atoms with Gasteiger partial charge in [-0.1, -0.05) is 0 Å². The van der Waals surface area contributed by atoms with E-state index >= 15 is 0 Å². The maximum atomic E-state index is 11.9. The number of nitriles is 1. The molecular weight excluding hydrogens is 341 g/mol. The predicted octanol–water partition coefficient (Wildman–Crippen LogP) is 0.507. The van der Waals surface area contributed by atoms with E-state index in [2.05, 4.69) is 15.6 Å². The van der Waals surface area contributed by atoms with Crippen LogP contribution in [-0.4, -0.2) is 33.8 Å². The van der Waals surface area contributed by atoms with Crippen LogP contribution in [0.15, 0.2) is 21.9 Å². The zero-order valence-electron chi connectivity index (χ0n) is 13.2. The quantitative estimate of drug-likeness (QED) is 0.699. The molecule has 0 spiro atoms. The first-order valence-electron chi connectivity index (χ1n) is 7.21. The lowest BCUT2D eigenvalue weighted by atomic mass is 9.87. The van der Waals surface area contributed by atoms with Crippen molar-refractivity contribution in [2.45, 2.75) is 32.6 Å². The molecule has 2 heterocycles. The van der Waals surface area contributed by atoms with E-state index in [0.29, 0.717) is 0 Å². The first kappa shape index (κ1) is 18.6. The van der Waals surface area contributed by atoms with Gasteiger partial charge in [-0.2, -0.15) is 5.26 Å². The largest absolute Gasteiger partial charge is 0.472 e. The van der Waals surface area contributed by atoms with E-state index in [1.807, 2.05) is 0 Å². The van der Waals surface area contributed by atoms with Gasteiger partial charge in [-0.15, -0.1) is 0 Å². The Balaban J connectivity index is 2.19. The summed E-state index contributed by atoms with van der Waals surface area (Å²) in [5.41, 5.74) is -2.36. The molecular formula is C13H18N3O7P. The molecule has 1 fully saturated rings. The summed E-state index contributed by atoms with van der Waals surface area (Å²) in [5.74, 6) is 0. The van der Waals surface area contributed by atoms with Gasteiger partial charge in [0, 0.05) is 12.3 Å². The minimum atomic E-state index is -4.18. The number of phosphoric ester groups is 1. The average Bonchev–Trinajstić information content (AvgIpc) is 2.83. The summed E-state index contributed by atoms with van der Waals surface area (Å²) in [6.07, 6.45) is -0.252. The average molecular weight is 359 g/mol. The number of phosphoric acid groups is 1.